The van der Waals surface area contributed by atoms with Gasteiger partial charge in [0.2, 0.25) is 5.91 Å². The molecule has 2 aliphatic heterocycles. The maximum atomic E-state index is 14.7. The van der Waals surface area contributed by atoms with Gasteiger partial charge in [-0.3, -0.25) is 29.5 Å². The Bertz CT molecular complexity index is 1820. The molecule has 0 radical (unpaired) electrons. The Morgan fingerprint density at radius 1 is 0.905 bits per heavy atom. The van der Waals surface area contributed by atoms with Crippen LogP contribution in [0.25, 0.3) is 0 Å². The number of nitrogens with one attached hydrogen (secondary N) is 1. The highest BCUT2D eigenvalue weighted by Gasteiger charge is 2.73. The molecule has 4 aromatic rings. The number of amides is 1. The smallest absolute Gasteiger partial charge is 0.269 e. The van der Waals surface area contributed by atoms with Crippen molar-refractivity contribution in [2.75, 3.05) is 5.32 Å². The fourth-order valence-electron chi connectivity index (χ4n) is 6.73. The Kier molecular flexibility index (Phi) is 5.81. The Labute approximate surface area is 244 Å². The zero-order valence-corrected chi connectivity index (χ0v) is 22.6. The van der Waals surface area contributed by atoms with Crippen LogP contribution in [0.15, 0.2) is 102 Å². The average molecular weight is 577 g/mol. The number of Topliss-reactive ketones (excluding diaryl/α,β-unsaturated/α-hetero) is 2. The molecule has 1 saturated heterocycles. The number of non-ortho nitro benzene ring substituents is 1. The summed E-state index contributed by atoms with van der Waals surface area (Å²) in [4.78, 5) is 54.9. The predicted molar refractivity (Wildman–Crippen MR) is 156 cm³/mol. The molecule has 7 rings (SSSR count). The molecule has 1 spiro atoms. The van der Waals surface area contributed by atoms with Crippen LogP contribution in [0.1, 0.15) is 49.4 Å². The minimum absolute atomic E-state index is 0.219. The Balaban J connectivity index is 1.50. The summed E-state index contributed by atoms with van der Waals surface area (Å²) in [6.07, 6.45) is 1.61. The van der Waals surface area contributed by atoms with Gasteiger partial charge in [0.25, 0.3) is 5.69 Å². The monoisotopic (exact) mass is 576 g/mol. The van der Waals surface area contributed by atoms with Crippen molar-refractivity contribution in [1.82, 2.24) is 5.01 Å². The molecule has 1 aliphatic carbocycles. The van der Waals surface area contributed by atoms with E-state index in [0.29, 0.717) is 27.4 Å². The topological polar surface area (TPSA) is 122 Å². The summed E-state index contributed by atoms with van der Waals surface area (Å²) in [7, 11) is 0. The van der Waals surface area contributed by atoms with E-state index >= 15 is 0 Å². The third kappa shape index (κ3) is 3.56. The van der Waals surface area contributed by atoms with Gasteiger partial charge in [-0.1, -0.05) is 72.3 Å². The number of nitro benzene ring substituents is 1. The summed E-state index contributed by atoms with van der Waals surface area (Å²) in [5.41, 5.74) is 0.612. The molecule has 3 aliphatic rings. The van der Waals surface area contributed by atoms with E-state index in [1.54, 1.807) is 60.8 Å². The zero-order valence-electron chi connectivity index (χ0n) is 21.8. The van der Waals surface area contributed by atoms with Crippen LogP contribution >= 0.6 is 11.6 Å². The van der Waals surface area contributed by atoms with Gasteiger partial charge < -0.3 is 5.32 Å². The Morgan fingerprint density at radius 3 is 2.26 bits per heavy atom. The van der Waals surface area contributed by atoms with Crippen LogP contribution < -0.4 is 5.32 Å². The number of carbonyl (C=O) groups is 3. The lowest BCUT2D eigenvalue weighted by molar-refractivity contribution is -0.384. The van der Waals surface area contributed by atoms with Crippen LogP contribution in [-0.2, 0) is 4.79 Å². The molecular formula is C32H21ClN4O5. The molecule has 0 saturated carbocycles. The van der Waals surface area contributed by atoms with Crippen molar-refractivity contribution >= 4 is 46.7 Å². The van der Waals surface area contributed by atoms with Gasteiger partial charge in [0, 0.05) is 39.9 Å². The second-order valence-electron chi connectivity index (χ2n) is 10.5. The quantitative estimate of drug-likeness (QED) is 0.186. The number of hydrogen-bond donors (Lipinski definition) is 1. The van der Waals surface area contributed by atoms with Crippen molar-refractivity contribution in [2.45, 2.75) is 18.0 Å². The molecule has 0 bridgehead atoms. The van der Waals surface area contributed by atoms with Crippen molar-refractivity contribution in [1.29, 1.82) is 0 Å². The minimum atomic E-state index is -1.82. The summed E-state index contributed by atoms with van der Waals surface area (Å²) in [5.74, 6) is -2.53. The lowest BCUT2D eigenvalue weighted by Crippen LogP contribution is -2.44. The molecule has 9 nitrogen and oxygen atoms in total. The van der Waals surface area contributed by atoms with Gasteiger partial charge in [-0.25, -0.2) is 0 Å². The lowest BCUT2D eigenvalue weighted by atomic mass is 9.63. The summed E-state index contributed by atoms with van der Waals surface area (Å²) in [6.45, 7) is 0. The van der Waals surface area contributed by atoms with Crippen LogP contribution in [-0.4, -0.2) is 39.7 Å². The highest BCUT2D eigenvalue weighted by Crippen LogP contribution is 2.64. The van der Waals surface area contributed by atoms with E-state index in [1.165, 1.54) is 23.2 Å². The molecule has 0 aromatic heterocycles. The molecule has 206 valence electrons. The van der Waals surface area contributed by atoms with E-state index in [9.17, 15) is 24.5 Å². The number of hydrazone groups is 1. The molecule has 2 heterocycles. The third-order valence-electron chi connectivity index (χ3n) is 8.40. The number of nitrogens with zero attached hydrogens (tertiary/aromatic N) is 3. The van der Waals surface area contributed by atoms with Gasteiger partial charge in [-0.2, -0.15) is 5.10 Å². The standard InChI is InChI=1S/C32H21ClN4O5/c33-20-12-14-21(15-13-20)35-31(40)27-26(18-7-5-8-22(16-18)37(41)42)32(29(38)24-10-3-4-11-25(24)30(32)39)28-23-9-2-1-6-19(23)17-34-36(27)28/h1-17,26-28H,(H,35,40)/t26-,27+,28-/m0/s1. The highest BCUT2D eigenvalue weighted by atomic mass is 35.5. The normalized spacial score (nSPS) is 21.2. The van der Waals surface area contributed by atoms with Crippen molar-refractivity contribution < 1.29 is 19.3 Å². The lowest BCUT2D eigenvalue weighted by Gasteiger charge is -2.36. The average Bonchev–Trinajstić information content (AvgIpc) is 3.44. The van der Waals surface area contributed by atoms with E-state index in [4.69, 9.17) is 11.6 Å². The second kappa shape index (κ2) is 9.46. The van der Waals surface area contributed by atoms with E-state index in [0.717, 1.165) is 0 Å². The first-order valence-electron chi connectivity index (χ1n) is 13.2. The number of fused-ring (bicyclic) bond motifs is 5. The van der Waals surface area contributed by atoms with Crippen LogP contribution in [0, 0.1) is 15.5 Å². The first-order valence-corrected chi connectivity index (χ1v) is 13.6. The first-order chi connectivity index (χ1) is 20.3. The van der Waals surface area contributed by atoms with Gasteiger partial charge in [-0.05, 0) is 41.0 Å². The van der Waals surface area contributed by atoms with E-state index in [2.05, 4.69) is 10.4 Å². The number of carbonyl (C=O) groups excluding carboxylic acids is 3. The van der Waals surface area contributed by atoms with Gasteiger partial charge in [-0.15, -0.1) is 0 Å². The van der Waals surface area contributed by atoms with Crippen molar-refractivity contribution in [3.8, 4) is 0 Å². The minimum Gasteiger partial charge on any atom is -0.324 e. The largest absolute Gasteiger partial charge is 0.324 e. The number of ketones is 2. The van der Waals surface area contributed by atoms with Crippen LogP contribution in [0.2, 0.25) is 5.02 Å². The number of hydrogen-bond acceptors (Lipinski definition) is 7. The summed E-state index contributed by atoms with van der Waals surface area (Å²) in [5, 5.41) is 21.4. The van der Waals surface area contributed by atoms with E-state index in [1.807, 2.05) is 24.3 Å². The first kappa shape index (κ1) is 25.8. The Morgan fingerprint density at radius 2 is 1.57 bits per heavy atom. The van der Waals surface area contributed by atoms with Gasteiger partial charge in [0.05, 0.1) is 17.2 Å². The Hall–Kier alpha value is -5.15. The predicted octanol–water partition coefficient (Wildman–Crippen LogP) is 5.81. The molecule has 42 heavy (non-hydrogen) atoms. The highest BCUT2D eigenvalue weighted by molar-refractivity contribution is 6.32. The van der Waals surface area contributed by atoms with Gasteiger partial charge >= 0.3 is 0 Å². The fraction of sp³-hybridized carbons (Fsp3) is 0.125. The van der Waals surface area contributed by atoms with Crippen LogP contribution in [0.4, 0.5) is 11.4 Å². The zero-order chi connectivity index (χ0) is 29.2. The number of benzene rings is 4. The molecule has 1 N–H and O–H groups in total. The number of nitro groups is 1. The number of rotatable bonds is 4. The number of anilines is 1. The van der Waals surface area contributed by atoms with E-state index in [-0.39, 0.29) is 16.8 Å². The summed E-state index contributed by atoms with van der Waals surface area (Å²) < 4.78 is 0. The molecule has 0 unspecified atom stereocenters. The van der Waals surface area contributed by atoms with Gasteiger partial charge in [0.1, 0.15) is 11.5 Å². The van der Waals surface area contributed by atoms with Crippen molar-refractivity contribution in [2.24, 2.45) is 10.5 Å². The second-order valence-corrected chi connectivity index (χ2v) is 10.9. The number of halogens is 1. The molecule has 4 aromatic carbocycles. The molecule has 1 fully saturated rings. The summed E-state index contributed by atoms with van der Waals surface area (Å²) >= 11 is 6.05. The van der Waals surface area contributed by atoms with Crippen molar-refractivity contribution in [3.63, 3.8) is 0 Å². The molecule has 3 atom stereocenters. The summed E-state index contributed by atoms with van der Waals surface area (Å²) in [6, 6.07) is 24.1. The molecule has 10 heteroatoms. The third-order valence-corrected chi connectivity index (χ3v) is 8.65. The SMILES string of the molecule is O=C(Nc1ccc(Cl)cc1)[C@H]1[C@H](c2cccc([N+](=O)[O-])c2)C2(C(=O)c3ccccc3C2=O)[C@@H]2c3ccccc3C=NN21. The van der Waals surface area contributed by atoms with Crippen LogP contribution in [0.5, 0.6) is 0 Å². The van der Waals surface area contributed by atoms with Crippen LogP contribution in [0.3, 0.4) is 0 Å². The van der Waals surface area contributed by atoms with Crippen molar-refractivity contribution in [3.05, 3.63) is 140 Å². The fourth-order valence-corrected chi connectivity index (χ4v) is 6.86. The maximum Gasteiger partial charge on any atom is 0.269 e. The van der Waals surface area contributed by atoms with Gasteiger partial charge in [0.15, 0.2) is 11.6 Å². The maximum absolute atomic E-state index is 14.7. The molecule has 1 amide bonds. The van der Waals surface area contributed by atoms with E-state index < -0.39 is 45.8 Å². The molecular weight excluding hydrogens is 556 g/mol.